The molecule has 6 nitrogen and oxygen atoms in total. The maximum atomic E-state index is 5.35. The van der Waals surface area contributed by atoms with E-state index < -0.39 is 0 Å². The molecule has 16 heavy (non-hydrogen) atoms. The summed E-state index contributed by atoms with van der Waals surface area (Å²) in [6.45, 7) is 5.14. The van der Waals surface area contributed by atoms with Crippen LogP contribution in [0.3, 0.4) is 0 Å². The van der Waals surface area contributed by atoms with E-state index in [0.717, 1.165) is 16.7 Å². The normalized spacial score (nSPS) is 11.2. The average molecular weight is 238 g/mol. The lowest BCUT2D eigenvalue weighted by Gasteiger charge is -2.04. The van der Waals surface area contributed by atoms with Crippen molar-refractivity contribution in [3.8, 4) is 11.4 Å². The fraction of sp³-hybridized carbons (Fsp3) is 0.556. The first-order chi connectivity index (χ1) is 7.58. The first-order valence-corrected chi connectivity index (χ1v) is 5.51. The molecule has 0 aliphatic carbocycles. The lowest BCUT2D eigenvalue weighted by atomic mass is 10.2. The summed E-state index contributed by atoms with van der Waals surface area (Å²) in [5.74, 6) is 1.10. The van der Waals surface area contributed by atoms with Crippen molar-refractivity contribution in [1.82, 2.24) is 30.0 Å². The van der Waals surface area contributed by atoms with Gasteiger partial charge in [0, 0.05) is 12.7 Å². The van der Waals surface area contributed by atoms with Crippen LogP contribution in [0, 0.1) is 10.6 Å². The van der Waals surface area contributed by atoms with Gasteiger partial charge in [-0.25, -0.2) is 0 Å². The molecule has 2 aromatic heterocycles. The molecule has 0 radical (unpaired) electrons. The maximum Gasteiger partial charge on any atom is 0.209 e. The van der Waals surface area contributed by atoms with E-state index in [1.807, 2.05) is 10.9 Å². The summed E-state index contributed by atoms with van der Waals surface area (Å²) in [6.07, 6.45) is 1.82. The molecule has 86 valence electrons. The highest BCUT2D eigenvalue weighted by atomic mass is 32.1. The van der Waals surface area contributed by atoms with Crippen LogP contribution in [0.2, 0.25) is 0 Å². The molecule has 0 unspecified atom stereocenters. The Labute approximate surface area is 98.3 Å². The highest BCUT2D eigenvalue weighted by Crippen LogP contribution is 2.15. The van der Waals surface area contributed by atoms with Gasteiger partial charge in [-0.2, -0.15) is 4.80 Å². The first kappa shape index (κ1) is 11.0. The predicted octanol–water partition coefficient (Wildman–Crippen LogP) is 1.39. The van der Waals surface area contributed by atoms with Gasteiger partial charge in [0.25, 0.3) is 0 Å². The molecule has 7 heteroatoms. The van der Waals surface area contributed by atoms with Crippen molar-refractivity contribution in [2.75, 3.05) is 0 Å². The second-order valence-corrected chi connectivity index (χ2v) is 4.49. The molecule has 2 rings (SSSR count). The second-order valence-electron chi connectivity index (χ2n) is 4.10. The van der Waals surface area contributed by atoms with Crippen LogP contribution in [-0.2, 0) is 13.6 Å². The number of tetrazole rings is 1. The van der Waals surface area contributed by atoms with E-state index in [4.69, 9.17) is 12.2 Å². The molecular formula is C9H14N6S. The second kappa shape index (κ2) is 4.17. The Morgan fingerprint density at radius 1 is 1.50 bits per heavy atom. The molecule has 0 atom stereocenters. The molecule has 0 bridgehead atoms. The zero-order valence-electron chi connectivity index (χ0n) is 9.51. The summed E-state index contributed by atoms with van der Waals surface area (Å²) in [5, 5.41) is 15.0. The van der Waals surface area contributed by atoms with Gasteiger partial charge in [-0.1, -0.05) is 26.1 Å². The number of nitrogens with zero attached hydrogens (tertiary/aromatic N) is 5. The van der Waals surface area contributed by atoms with Gasteiger partial charge in [0.2, 0.25) is 5.82 Å². The van der Waals surface area contributed by atoms with E-state index >= 15 is 0 Å². The largest absolute Gasteiger partial charge is 0.304 e. The Morgan fingerprint density at radius 2 is 2.25 bits per heavy atom. The van der Waals surface area contributed by atoms with Gasteiger partial charge in [0.05, 0.1) is 12.6 Å². The van der Waals surface area contributed by atoms with Crippen LogP contribution >= 0.6 is 12.2 Å². The van der Waals surface area contributed by atoms with Crippen molar-refractivity contribution < 1.29 is 0 Å². The van der Waals surface area contributed by atoms with E-state index in [9.17, 15) is 0 Å². The molecule has 1 N–H and O–H groups in total. The smallest absolute Gasteiger partial charge is 0.209 e. The van der Waals surface area contributed by atoms with Gasteiger partial charge in [0.15, 0.2) is 0 Å². The summed E-state index contributed by atoms with van der Waals surface area (Å²) in [5.41, 5.74) is 0.823. The molecule has 2 heterocycles. The number of aryl methyl sites for hydroxylation is 1. The molecule has 0 spiro atoms. The van der Waals surface area contributed by atoms with Crippen LogP contribution < -0.4 is 0 Å². The maximum absolute atomic E-state index is 5.35. The fourth-order valence-electron chi connectivity index (χ4n) is 1.46. The lowest BCUT2D eigenvalue weighted by Crippen LogP contribution is -2.05. The van der Waals surface area contributed by atoms with Crippen LogP contribution in [0.1, 0.15) is 13.8 Å². The molecule has 0 amide bonds. The number of H-pyrrole nitrogens is 1. The number of hydrogen-bond donors (Lipinski definition) is 1. The van der Waals surface area contributed by atoms with E-state index in [-0.39, 0.29) is 0 Å². The number of nitrogens with one attached hydrogen (secondary N) is 1. The summed E-state index contributed by atoms with van der Waals surface area (Å²) in [7, 11) is 1.73. The standard InChI is InChI=1S/C9H14N6S/c1-6(2)5-15-9(16)7(4-10-15)8-11-13-14(3)12-8/h4,6,10H,5H2,1-3H3. The Balaban J connectivity index is 2.37. The zero-order chi connectivity index (χ0) is 11.7. The van der Waals surface area contributed by atoms with Gasteiger partial charge in [-0.15, -0.1) is 10.2 Å². The van der Waals surface area contributed by atoms with Gasteiger partial charge >= 0.3 is 0 Å². The molecule has 0 aromatic carbocycles. The number of hydrogen-bond acceptors (Lipinski definition) is 4. The van der Waals surface area contributed by atoms with Crippen molar-refractivity contribution in [2.45, 2.75) is 20.4 Å². The fourth-order valence-corrected chi connectivity index (χ4v) is 1.74. The highest BCUT2D eigenvalue weighted by molar-refractivity contribution is 7.71. The summed E-state index contributed by atoms with van der Waals surface area (Å²) < 4.78 is 2.65. The van der Waals surface area contributed by atoms with Crippen LogP contribution in [0.4, 0.5) is 0 Å². The first-order valence-electron chi connectivity index (χ1n) is 5.10. The molecule has 0 saturated heterocycles. The van der Waals surface area contributed by atoms with Crippen LogP contribution in [-0.4, -0.2) is 30.0 Å². The number of rotatable bonds is 3. The lowest BCUT2D eigenvalue weighted by molar-refractivity contribution is 0.479. The van der Waals surface area contributed by atoms with E-state index in [0.29, 0.717) is 11.7 Å². The summed E-state index contributed by atoms with van der Waals surface area (Å²) in [6, 6.07) is 0. The molecular weight excluding hydrogens is 224 g/mol. The van der Waals surface area contributed by atoms with Gasteiger partial charge in [0.1, 0.15) is 4.64 Å². The van der Waals surface area contributed by atoms with Gasteiger partial charge in [-0.3, -0.25) is 4.68 Å². The molecule has 0 fully saturated rings. The Kier molecular flexibility index (Phi) is 2.86. The molecule has 0 saturated carbocycles. The third-order valence-corrected chi connectivity index (χ3v) is 2.58. The van der Waals surface area contributed by atoms with Crippen molar-refractivity contribution in [3.63, 3.8) is 0 Å². The minimum Gasteiger partial charge on any atom is -0.304 e. The quantitative estimate of drug-likeness (QED) is 0.821. The van der Waals surface area contributed by atoms with Gasteiger partial charge in [-0.05, 0) is 11.1 Å². The molecule has 0 aliphatic heterocycles. The predicted molar refractivity (Wildman–Crippen MR) is 62.2 cm³/mol. The molecule has 0 aliphatic rings. The SMILES string of the molecule is CC(C)Cn1[nH]cc(-c2nnn(C)n2)c1=S. The number of aromatic amines is 1. The van der Waals surface area contributed by atoms with Crippen LogP contribution in [0.15, 0.2) is 6.20 Å². The Bertz CT molecular complexity index is 534. The third kappa shape index (κ3) is 2.04. The minimum absolute atomic E-state index is 0.535. The highest BCUT2D eigenvalue weighted by Gasteiger charge is 2.10. The van der Waals surface area contributed by atoms with E-state index in [1.54, 1.807) is 7.05 Å². The van der Waals surface area contributed by atoms with Gasteiger partial charge < -0.3 is 5.10 Å². The van der Waals surface area contributed by atoms with Crippen LogP contribution in [0.25, 0.3) is 11.4 Å². The van der Waals surface area contributed by atoms with E-state index in [1.165, 1.54) is 4.80 Å². The Hall–Kier alpha value is -1.50. The van der Waals surface area contributed by atoms with Crippen molar-refractivity contribution in [3.05, 3.63) is 10.8 Å². The summed E-state index contributed by atoms with van der Waals surface area (Å²) in [4.78, 5) is 1.42. The van der Waals surface area contributed by atoms with Crippen molar-refractivity contribution >= 4 is 12.2 Å². The minimum atomic E-state index is 0.535. The molecule has 2 aromatic rings. The zero-order valence-corrected chi connectivity index (χ0v) is 10.3. The number of aromatic nitrogens is 6. The van der Waals surface area contributed by atoms with Crippen molar-refractivity contribution in [1.29, 1.82) is 0 Å². The van der Waals surface area contributed by atoms with Crippen molar-refractivity contribution in [2.24, 2.45) is 13.0 Å². The van der Waals surface area contributed by atoms with Crippen LogP contribution in [0.5, 0.6) is 0 Å². The Morgan fingerprint density at radius 3 is 2.81 bits per heavy atom. The average Bonchev–Trinajstić information content (AvgIpc) is 2.74. The monoisotopic (exact) mass is 238 g/mol. The van der Waals surface area contributed by atoms with E-state index in [2.05, 4.69) is 34.4 Å². The third-order valence-electron chi connectivity index (χ3n) is 2.14. The summed E-state index contributed by atoms with van der Waals surface area (Å²) >= 11 is 5.35. The topological polar surface area (TPSA) is 64.3 Å².